The van der Waals surface area contributed by atoms with Crippen LogP contribution in [0.15, 0.2) is 60.8 Å². The van der Waals surface area contributed by atoms with E-state index in [1.807, 2.05) is 37.4 Å². The first kappa shape index (κ1) is 24.7. The number of esters is 1. The van der Waals surface area contributed by atoms with Crippen LogP contribution in [-0.2, 0) is 9.53 Å². The van der Waals surface area contributed by atoms with Crippen LogP contribution in [0.2, 0.25) is 0 Å². The quantitative estimate of drug-likeness (QED) is 0.301. The molecule has 1 amide bonds. The van der Waals surface area contributed by atoms with Crippen molar-refractivity contribution in [3.8, 4) is 17.5 Å². The van der Waals surface area contributed by atoms with Crippen LogP contribution in [0.4, 0.5) is 17.3 Å². The third kappa shape index (κ3) is 5.78. The van der Waals surface area contributed by atoms with Gasteiger partial charge in [-0.25, -0.2) is 14.9 Å². The van der Waals surface area contributed by atoms with Gasteiger partial charge in [-0.05, 0) is 62.2 Å². The topological polar surface area (TPSA) is 111 Å². The highest BCUT2D eigenvalue weighted by Gasteiger charge is 2.26. The van der Waals surface area contributed by atoms with Crippen molar-refractivity contribution in [1.82, 2.24) is 14.9 Å². The zero-order valence-corrected chi connectivity index (χ0v) is 20.3. The fraction of sp³-hybridized carbons (Fsp3) is 0.296. The van der Waals surface area contributed by atoms with Gasteiger partial charge in [-0.1, -0.05) is 12.1 Å². The summed E-state index contributed by atoms with van der Waals surface area (Å²) in [6.07, 6.45) is 5.07. The van der Waals surface area contributed by atoms with E-state index in [0.29, 0.717) is 23.8 Å². The number of anilines is 3. The van der Waals surface area contributed by atoms with Gasteiger partial charge in [-0.15, -0.1) is 0 Å². The second-order valence-corrected chi connectivity index (χ2v) is 8.49. The number of rotatable bonds is 7. The molecular formula is C27H28N6O3. The molecule has 0 radical (unpaired) electrons. The number of aromatic nitrogens is 2. The monoisotopic (exact) mass is 484 g/mol. The van der Waals surface area contributed by atoms with E-state index in [-0.39, 0.29) is 17.8 Å². The summed E-state index contributed by atoms with van der Waals surface area (Å²) in [4.78, 5) is 36.3. The number of piperidine rings is 1. The Morgan fingerprint density at radius 2 is 1.81 bits per heavy atom. The van der Waals surface area contributed by atoms with Gasteiger partial charge in [-0.3, -0.25) is 9.59 Å². The Labute approximate surface area is 210 Å². The van der Waals surface area contributed by atoms with E-state index in [4.69, 9.17) is 10.00 Å². The van der Waals surface area contributed by atoms with Gasteiger partial charge in [0.05, 0.1) is 18.2 Å². The maximum Gasteiger partial charge on any atom is 0.309 e. The molecule has 9 heteroatoms. The number of amides is 1. The zero-order chi connectivity index (χ0) is 25.5. The first-order valence-electron chi connectivity index (χ1n) is 11.9. The maximum absolute atomic E-state index is 12.1. The van der Waals surface area contributed by atoms with Crippen LogP contribution >= 0.6 is 0 Å². The number of ether oxygens (including phenoxy) is 1. The van der Waals surface area contributed by atoms with Gasteiger partial charge in [-0.2, -0.15) is 5.26 Å². The fourth-order valence-corrected chi connectivity index (χ4v) is 4.12. The molecule has 184 valence electrons. The van der Waals surface area contributed by atoms with Crippen LogP contribution in [0.5, 0.6) is 0 Å². The lowest BCUT2D eigenvalue weighted by molar-refractivity contribution is -0.148. The van der Waals surface area contributed by atoms with E-state index in [2.05, 4.69) is 20.2 Å². The molecule has 1 N–H and O–H groups in total. The average Bonchev–Trinajstić information content (AvgIpc) is 2.93. The summed E-state index contributed by atoms with van der Waals surface area (Å²) >= 11 is 0. The zero-order valence-electron chi connectivity index (χ0n) is 20.3. The maximum atomic E-state index is 12.1. The summed E-state index contributed by atoms with van der Waals surface area (Å²) in [7, 11) is 1.43. The van der Waals surface area contributed by atoms with Crippen molar-refractivity contribution in [3.63, 3.8) is 0 Å². The minimum atomic E-state index is -0.360. The van der Waals surface area contributed by atoms with Gasteiger partial charge in [0.15, 0.2) is 6.19 Å². The molecule has 2 heterocycles. The van der Waals surface area contributed by atoms with Crippen LogP contribution in [0.25, 0.3) is 11.3 Å². The van der Waals surface area contributed by atoms with Crippen molar-refractivity contribution < 1.29 is 14.3 Å². The Hall–Kier alpha value is -4.45. The van der Waals surface area contributed by atoms with Gasteiger partial charge in [0.1, 0.15) is 0 Å². The predicted octanol–water partition coefficient (Wildman–Crippen LogP) is 4.22. The molecule has 36 heavy (non-hydrogen) atoms. The van der Waals surface area contributed by atoms with Gasteiger partial charge in [0, 0.05) is 48.8 Å². The van der Waals surface area contributed by atoms with Crippen molar-refractivity contribution >= 4 is 29.2 Å². The minimum absolute atomic E-state index is 0.0119. The summed E-state index contributed by atoms with van der Waals surface area (Å²) in [5.74, 6) is -0.00196. The van der Waals surface area contributed by atoms with Gasteiger partial charge in [0.25, 0.3) is 5.91 Å². The van der Waals surface area contributed by atoms with E-state index >= 15 is 0 Å². The third-order valence-corrected chi connectivity index (χ3v) is 6.14. The lowest BCUT2D eigenvalue weighted by Gasteiger charge is -2.32. The van der Waals surface area contributed by atoms with Crippen molar-refractivity contribution in [1.29, 1.82) is 5.26 Å². The predicted molar refractivity (Wildman–Crippen MR) is 136 cm³/mol. The normalized spacial score (nSPS) is 13.5. The van der Waals surface area contributed by atoms with Crippen molar-refractivity contribution in [3.05, 3.63) is 66.4 Å². The van der Waals surface area contributed by atoms with E-state index in [0.717, 1.165) is 47.8 Å². The first-order chi connectivity index (χ1) is 17.5. The smallest absolute Gasteiger partial charge is 0.309 e. The Morgan fingerprint density at radius 3 is 2.44 bits per heavy atom. The van der Waals surface area contributed by atoms with Crippen LogP contribution in [0, 0.1) is 17.4 Å². The van der Waals surface area contributed by atoms with Gasteiger partial charge < -0.3 is 15.0 Å². The van der Waals surface area contributed by atoms with Crippen LogP contribution < -0.4 is 10.2 Å². The Morgan fingerprint density at radius 1 is 1.11 bits per heavy atom. The van der Waals surface area contributed by atoms with Crippen LogP contribution in [-0.4, -0.2) is 53.5 Å². The summed E-state index contributed by atoms with van der Waals surface area (Å²) < 4.78 is 5.16. The number of hydrogen-bond acceptors (Lipinski definition) is 8. The molecule has 0 atom stereocenters. The molecule has 1 fully saturated rings. The molecule has 3 aromatic rings. The molecular weight excluding hydrogens is 456 g/mol. The second-order valence-electron chi connectivity index (χ2n) is 8.49. The number of benzene rings is 2. The summed E-state index contributed by atoms with van der Waals surface area (Å²) in [5, 5.41) is 12.1. The van der Waals surface area contributed by atoms with Crippen LogP contribution in [0.1, 0.15) is 30.1 Å². The van der Waals surface area contributed by atoms with E-state index in [1.165, 1.54) is 7.05 Å². The Bertz CT molecular complexity index is 1250. The van der Waals surface area contributed by atoms with Crippen LogP contribution in [0.3, 0.4) is 0 Å². The largest absolute Gasteiger partial charge is 0.466 e. The van der Waals surface area contributed by atoms with Crippen molar-refractivity contribution in [2.75, 3.05) is 37.0 Å². The summed E-state index contributed by atoms with van der Waals surface area (Å²) in [6.45, 7) is 3.90. The lowest BCUT2D eigenvalue weighted by Crippen LogP contribution is -2.36. The van der Waals surface area contributed by atoms with Gasteiger partial charge >= 0.3 is 5.97 Å². The molecule has 2 aromatic carbocycles. The van der Waals surface area contributed by atoms with Crippen molar-refractivity contribution in [2.24, 2.45) is 5.92 Å². The molecule has 4 rings (SSSR count). The number of nitriles is 1. The lowest BCUT2D eigenvalue weighted by atomic mass is 9.96. The van der Waals surface area contributed by atoms with E-state index < -0.39 is 0 Å². The summed E-state index contributed by atoms with van der Waals surface area (Å²) in [6, 6.07) is 16.8. The molecule has 0 saturated carbocycles. The highest BCUT2D eigenvalue weighted by molar-refractivity contribution is 5.95. The highest BCUT2D eigenvalue weighted by atomic mass is 16.5. The number of carbonyl (C=O) groups excluding carboxylic acids is 2. The Kier molecular flexibility index (Phi) is 7.75. The van der Waals surface area contributed by atoms with E-state index in [1.54, 1.807) is 36.5 Å². The van der Waals surface area contributed by atoms with Crippen molar-refractivity contribution in [2.45, 2.75) is 19.8 Å². The molecule has 1 aromatic heterocycles. The Balaban J connectivity index is 1.38. The molecule has 0 bridgehead atoms. The molecule has 9 nitrogen and oxygen atoms in total. The van der Waals surface area contributed by atoms with E-state index in [9.17, 15) is 9.59 Å². The number of carbonyl (C=O) groups is 2. The minimum Gasteiger partial charge on any atom is -0.466 e. The molecule has 0 unspecified atom stereocenters. The third-order valence-electron chi connectivity index (χ3n) is 6.14. The number of hydrogen-bond donors (Lipinski definition) is 1. The molecule has 1 aliphatic rings. The molecule has 0 spiro atoms. The molecule has 1 saturated heterocycles. The average molecular weight is 485 g/mol. The number of nitrogens with zero attached hydrogens (tertiary/aromatic N) is 5. The first-order valence-corrected chi connectivity index (χ1v) is 11.9. The fourth-order valence-electron chi connectivity index (χ4n) is 4.12. The number of nitrogens with one attached hydrogen (secondary N) is 1. The summed E-state index contributed by atoms with van der Waals surface area (Å²) in [5.41, 5.74) is 3.94. The second kappa shape index (κ2) is 11.3. The SMILES string of the molecule is CCOC(=O)C1CCN(c2ccc(Nc3nccc(-c4ccc(C(=O)N(C)C#N)cc4)n3)cc2)CC1. The molecule has 1 aliphatic heterocycles. The highest BCUT2D eigenvalue weighted by Crippen LogP contribution is 2.26. The molecule has 0 aliphatic carbocycles. The standard InChI is InChI=1S/C27H28N6O3/c1-3-36-26(35)21-13-16-33(17-14-21)23-10-8-22(9-11-23)30-27-29-15-12-24(31-27)19-4-6-20(7-5-19)25(34)32(2)18-28/h4-12,15,21H,3,13-14,16-17H2,1-2H3,(H,29,30,31). The van der Waals surface area contributed by atoms with Gasteiger partial charge in [0.2, 0.25) is 5.95 Å².